The van der Waals surface area contributed by atoms with Crippen LogP contribution in [0.2, 0.25) is 0 Å². The molecule has 1 aliphatic heterocycles. The number of fused-ring (bicyclic) bond motifs is 1. The number of unbranched alkanes of at least 4 members (excludes halogenated alkanes) is 2. The van der Waals surface area contributed by atoms with Crippen LogP contribution in [0.3, 0.4) is 0 Å². The third-order valence-electron chi connectivity index (χ3n) is 2.97. The van der Waals surface area contributed by atoms with Crippen molar-refractivity contribution < 1.29 is 9.18 Å². The fraction of sp³-hybridized carbons (Fsp3) is 0.462. The molecule has 17 heavy (non-hydrogen) atoms. The predicted molar refractivity (Wildman–Crippen MR) is 65.3 cm³/mol. The van der Waals surface area contributed by atoms with E-state index in [0.717, 1.165) is 25.8 Å². The van der Waals surface area contributed by atoms with Crippen LogP contribution in [0.4, 0.5) is 10.1 Å². The summed E-state index contributed by atoms with van der Waals surface area (Å²) >= 11 is 0. The Bertz CT molecular complexity index is 420. The van der Waals surface area contributed by atoms with Crippen LogP contribution in [0.5, 0.6) is 0 Å². The summed E-state index contributed by atoms with van der Waals surface area (Å²) in [7, 11) is 0. The maximum Gasteiger partial charge on any atom is 0.246 e. The topological polar surface area (TPSA) is 41.1 Å². The van der Waals surface area contributed by atoms with Crippen molar-refractivity contribution in [2.75, 3.05) is 11.9 Å². The maximum atomic E-state index is 13.1. The standard InChI is InChI=1S/C13H17FN2O/c1-2-3-4-7-15-12-10-8-9(14)5-6-11(10)16-13(12)17/h5-6,8,12,15H,2-4,7H2,1H3,(H,16,17). The summed E-state index contributed by atoms with van der Waals surface area (Å²) in [5, 5.41) is 5.92. The van der Waals surface area contributed by atoms with Crippen molar-refractivity contribution in [3.8, 4) is 0 Å². The Morgan fingerprint density at radius 1 is 1.41 bits per heavy atom. The van der Waals surface area contributed by atoms with Crippen molar-refractivity contribution in [2.45, 2.75) is 32.2 Å². The Labute approximate surface area is 100 Å². The normalized spacial score (nSPS) is 18.0. The lowest BCUT2D eigenvalue weighted by Gasteiger charge is -2.10. The number of anilines is 1. The lowest BCUT2D eigenvalue weighted by atomic mass is 10.1. The quantitative estimate of drug-likeness (QED) is 0.771. The summed E-state index contributed by atoms with van der Waals surface area (Å²) in [5.41, 5.74) is 1.43. The zero-order chi connectivity index (χ0) is 12.3. The molecule has 1 atom stereocenters. The number of carbonyl (C=O) groups excluding carboxylic acids is 1. The van der Waals surface area contributed by atoms with Crippen LogP contribution in [0.15, 0.2) is 18.2 Å². The fourth-order valence-electron chi connectivity index (χ4n) is 2.06. The highest BCUT2D eigenvalue weighted by Crippen LogP contribution is 2.31. The van der Waals surface area contributed by atoms with E-state index >= 15 is 0 Å². The van der Waals surface area contributed by atoms with Gasteiger partial charge in [0, 0.05) is 11.3 Å². The fourth-order valence-corrected chi connectivity index (χ4v) is 2.06. The van der Waals surface area contributed by atoms with Crippen LogP contribution in [0, 0.1) is 5.82 Å². The Balaban J connectivity index is 2.03. The highest BCUT2D eigenvalue weighted by atomic mass is 19.1. The van der Waals surface area contributed by atoms with E-state index in [1.54, 1.807) is 6.07 Å². The molecule has 1 heterocycles. The minimum absolute atomic E-state index is 0.0953. The van der Waals surface area contributed by atoms with E-state index in [-0.39, 0.29) is 11.7 Å². The lowest BCUT2D eigenvalue weighted by molar-refractivity contribution is -0.117. The zero-order valence-electron chi connectivity index (χ0n) is 9.92. The van der Waals surface area contributed by atoms with E-state index in [1.165, 1.54) is 12.1 Å². The van der Waals surface area contributed by atoms with Gasteiger partial charge in [-0.2, -0.15) is 0 Å². The highest BCUT2D eigenvalue weighted by molar-refractivity contribution is 6.02. The number of halogens is 1. The van der Waals surface area contributed by atoms with Gasteiger partial charge in [0.15, 0.2) is 0 Å². The third kappa shape index (κ3) is 2.64. The Kier molecular flexibility index (Phi) is 3.74. The van der Waals surface area contributed by atoms with E-state index in [2.05, 4.69) is 17.6 Å². The van der Waals surface area contributed by atoms with Crippen molar-refractivity contribution in [3.63, 3.8) is 0 Å². The van der Waals surface area contributed by atoms with E-state index in [0.29, 0.717) is 11.3 Å². The Morgan fingerprint density at radius 3 is 3.00 bits per heavy atom. The molecule has 0 fully saturated rings. The smallest absolute Gasteiger partial charge is 0.246 e. The van der Waals surface area contributed by atoms with Gasteiger partial charge in [0.05, 0.1) is 0 Å². The van der Waals surface area contributed by atoms with Gasteiger partial charge in [-0.25, -0.2) is 4.39 Å². The van der Waals surface area contributed by atoms with Gasteiger partial charge < -0.3 is 10.6 Å². The summed E-state index contributed by atoms with van der Waals surface area (Å²) in [4.78, 5) is 11.7. The van der Waals surface area contributed by atoms with Crippen molar-refractivity contribution in [2.24, 2.45) is 0 Å². The predicted octanol–water partition coefficient (Wildman–Crippen LogP) is 2.60. The van der Waals surface area contributed by atoms with Gasteiger partial charge in [0.2, 0.25) is 5.91 Å². The molecular weight excluding hydrogens is 219 g/mol. The molecule has 1 aliphatic rings. The number of hydrogen-bond acceptors (Lipinski definition) is 2. The second-order valence-electron chi connectivity index (χ2n) is 4.32. The molecule has 0 saturated heterocycles. The van der Waals surface area contributed by atoms with Crippen LogP contribution < -0.4 is 10.6 Å². The first-order chi connectivity index (χ1) is 8.22. The summed E-state index contributed by atoms with van der Waals surface area (Å²) in [6.07, 6.45) is 3.31. The molecule has 1 aromatic rings. The summed E-state index contributed by atoms with van der Waals surface area (Å²) in [5.74, 6) is -0.400. The molecular formula is C13H17FN2O. The second-order valence-corrected chi connectivity index (χ2v) is 4.32. The molecule has 1 unspecified atom stereocenters. The summed E-state index contributed by atoms with van der Waals surface area (Å²) in [6.45, 7) is 2.91. The first-order valence-corrected chi connectivity index (χ1v) is 6.06. The number of nitrogens with one attached hydrogen (secondary N) is 2. The van der Waals surface area contributed by atoms with Crippen LogP contribution in [0.25, 0.3) is 0 Å². The first kappa shape index (κ1) is 12.0. The van der Waals surface area contributed by atoms with E-state index in [1.807, 2.05) is 0 Å². The maximum absolute atomic E-state index is 13.1. The van der Waals surface area contributed by atoms with Crippen LogP contribution in [0.1, 0.15) is 37.8 Å². The molecule has 2 N–H and O–H groups in total. The van der Waals surface area contributed by atoms with Gasteiger partial charge in [-0.3, -0.25) is 4.79 Å². The van der Waals surface area contributed by atoms with Gasteiger partial charge in [-0.1, -0.05) is 19.8 Å². The Morgan fingerprint density at radius 2 is 2.24 bits per heavy atom. The average molecular weight is 236 g/mol. The zero-order valence-corrected chi connectivity index (χ0v) is 9.92. The van der Waals surface area contributed by atoms with Gasteiger partial charge in [-0.15, -0.1) is 0 Å². The van der Waals surface area contributed by atoms with Gasteiger partial charge in [0.1, 0.15) is 11.9 Å². The van der Waals surface area contributed by atoms with Crippen LogP contribution >= 0.6 is 0 Å². The molecule has 1 amide bonds. The first-order valence-electron chi connectivity index (χ1n) is 6.06. The average Bonchev–Trinajstić information content (AvgIpc) is 2.61. The van der Waals surface area contributed by atoms with Gasteiger partial charge >= 0.3 is 0 Å². The lowest BCUT2D eigenvalue weighted by Crippen LogP contribution is -2.28. The summed E-state index contributed by atoms with van der Waals surface area (Å²) in [6, 6.07) is 3.98. The number of carbonyl (C=O) groups is 1. The molecule has 0 aliphatic carbocycles. The highest BCUT2D eigenvalue weighted by Gasteiger charge is 2.29. The molecule has 2 rings (SSSR count). The van der Waals surface area contributed by atoms with Gasteiger partial charge in [0.25, 0.3) is 0 Å². The van der Waals surface area contributed by atoms with Gasteiger partial charge in [-0.05, 0) is 31.2 Å². The number of hydrogen-bond donors (Lipinski definition) is 2. The molecule has 92 valence electrons. The minimum atomic E-state index is -0.405. The monoisotopic (exact) mass is 236 g/mol. The SMILES string of the molecule is CCCCCNC1C(=O)Nc2ccc(F)cc21. The minimum Gasteiger partial charge on any atom is -0.324 e. The molecule has 0 bridgehead atoms. The second kappa shape index (κ2) is 5.27. The van der Waals surface area contributed by atoms with Crippen molar-refractivity contribution in [1.29, 1.82) is 0 Å². The van der Waals surface area contributed by atoms with E-state index in [4.69, 9.17) is 0 Å². The molecule has 3 nitrogen and oxygen atoms in total. The Hall–Kier alpha value is -1.42. The number of rotatable bonds is 5. The molecule has 0 spiro atoms. The molecule has 0 saturated carbocycles. The largest absolute Gasteiger partial charge is 0.324 e. The van der Waals surface area contributed by atoms with E-state index in [9.17, 15) is 9.18 Å². The van der Waals surface area contributed by atoms with Crippen molar-refractivity contribution >= 4 is 11.6 Å². The summed E-state index contributed by atoms with van der Waals surface area (Å²) < 4.78 is 13.1. The molecule has 0 radical (unpaired) electrons. The van der Waals surface area contributed by atoms with Crippen molar-refractivity contribution in [3.05, 3.63) is 29.6 Å². The molecule has 0 aromatic heterocycles. The van der Waals surface area contributed by atoms with Crippen LogP contribution in [-0.2, 0) is 4.79 Å². The number of amides is 1. The molecule has 1 aromatic carbocycles. The van der Waals surface area contributed by atoms with Crippen LogP contribution in [-0.4, -0.2) is 12.5 Å². The number of benzene rings is 1. The molecule has 4 heteroatoms. The van der Waals surface area contributed by atoms with Crippen molar-refractivity contribution in [1.82, 2.24) is 5.32 Å². The van der Waals surface area contributed by atoms with E-state index < -0.39 is 6.04 Å². The third-order valence-corrected chi connectivity index (χ3v) is 2.97.